The highest BCUT2D eigenvalue weighted by molar-refractivity contribution is 5.66. The Kier molecular flexibility index (Phi) is 9.89. The number of aliphatic carboxylic acids is 1. The molecule has 1 fully saturated rings. The number of carboxylic acids is 1. The molecule has 0 amide bonds. The number of rotatable bonds is 11. The molecule has 1 saturated carbocycles. The van der Waals surface area contributed by atoms with Crippen LogP contribution in [0.4, 0.5) is 0 Å². The predicted molar refractivity (Wildman–Crippen MR) is 90.7 cm³/mol. The number of allylic oxidation sites excluding steroid dienone is 3. The van der Waals surface area contributed by atoms with E-state index in [2.05, 4.69) is 31.2 Å². The summed E-state index contributed by atoms with van der Waals surface area (Å²) in [5.74, 6) is 0.165. The van der Waals surface area contributed by atoms with Crippen molar-refractivity contribution in [2.45, 2.75) is 77.2 Å². The third-order valence-electron chi connectivity index (χ3n) is 4.52. The van der Waals surface area contributed by atoms with Crippen molar-refractivity contribution in [2.75, 3.05) is 0 Å². The summed E-state index contributed by atoms with van der Waals surface area (Å²) in [5, 5.41) is 18.7. The SMILES string of the molecule is CCCC/C=C/[C@@H]1[C@@H](C/C=C\CCCCC(=O)O)CC[C@H]1O. The van der Waals surface area contributed by atoms with E-state index in [1.165, 1.54) is 12.8 Å². The second-order valence-corrected chi connectivity index (χ2v) is 6.40. The van der Waals surface area contributed by atoms with Gasteiger partial charge in [0.15, 0.2) is 0 Å². The summed E-state index contributed by atoms with van der Waals surface area (Å²) in [5.41, 5.74) is 0. The number of carboxylic acid groups (broad SMARTS) is 1. The van der Waals surface area contributed by atoms with E-state index in [-0.39, 0.29) is 12.5 Å². The van der Waals surface area contributed by atoms with Crippen LogP contribution in [0, 0.1) is 11.8 Å². The van der Waals surface area contributed by atoms with Crippen LogP contribution >= 0.6 is 0 Å². The number of hydrogen-bond donors (Lipinski definition) is 2. The first-order chi connectivity index (χ1) is 10.6. The summed E-state index contributed by atoms with van der Waals surface area (Å²) in [7, 11) is 0. The Labute approximate surface area is 135 Å². The molecule has 22 heavy (non-hydrogen) atoms. The van der Waals surface area contributed by atoms with Gasteiger partial charge in [-0.25, -0.2) is 0 Å². The van der Waals surface area contributed by atoms with Crippen molar-refractivity contribution < 1.29 is 15.0 Å². The summed E-state index contributed by atoms with van der Waals surface area (Å²) in [6.45, 7) is 2.20. The lowest BCUT2D eigenvalue weighted by atomic mass is 9.91. The molecule has 3 atom stereocenters. The van der Waals surface area contributed by atoms with Gasteiger partial charge in [0.2, 0.25) is 0 Å². The van der Waals surface area contributed by atoms with E-state index in [4.69, 9.17) is 5.11 Å². The van der Waals surface area contributed by atoms with Gasteiger partial charge in [0.1, 0.15) is 0 Å². The van der Waals surface area contributed by atoms with Gasteiger partial charge in [-0.2, -0.15) is 0 Å². The molecule has 0 heterocycles. The maximum Gasteiger partial charge on any atom is 0.303 e. The normalized spacial score (nSPS) is 25.5. The summed E-state index contributed by atoms with van der Waals surface area (Å²) >= 11 is 0. The van der Waals surface area contributed by atoms with E-state index in [0.717, 1.165) is 44.9 Å². The number of aliphatic hydroxyl groups is 1. The quantitative estimate of drug-likeness (QED) is 0.429. The van der Waals surface area contributed by atoms with Gasteiger partial charge in [-0.15, -0.1) is 0 Å². The monoisotopic (exact) mass is 308 g/mol. The minimum Gasteiger partial charge on any atom is -0.481 e. The van der Waals surface area contributed by atoms with Crippen LogP contribution in [0.25, 0.3) is 0 Å². The van der Waals surface area contributed by atoms with E-state index < -0.39 is 5.97 Å². The summed E-state index contributed by atoms with van der Waals surface area (Å²) < 4.78 is 0. The number of carbonyl (C=O) groups is 1. The topological polar surface area (TPSA) is 57.5 Å². The summed E-state index contributed by atoms with van der Waals surface area (Å²) in [6.07, 6.45) is 18.2. The third-order valence-corrected chi connectivity index (χ3v) is 4.52. The Hall–Kier alpha value is -1.09. The largest absolute Gasteiger partial charge is 0.481 e. The third kappa shape index (κ3) is 7.79. The molecule has 0 unspecified atom stereocenters. The Balaban J connectivity index is 2.24. The first-order valence-electron chi connectivity index (χ1n) is 8.86. The van der Waals surface area contributed by atoms with Crippen LogP contribution in [-0.2, 0) is 4.79 Å². The Morgan fingerprint density at radius 1 is 1.09 bits per heavy atom. The highest BCUT2D eigenvalue weighted by atomic mass is 16.4. The average Bonchev–Trinajstić information content (AvgIpc) is 2.83. The van der Waals surface area contributed by atoms with Crippen molar-refractivity contribution >= 4 is 5.97 Å². The van der Waals surface area contributed by atoms with Gasteiger partial charge >= 0.3 is 5.97 Å². The van der Waals surface area contributed by atoms with Gasteiger partial charge < -0.3 is 10.2 Å². The molecule has 0 aromatic carbocycles. The second-order valence-electron chi connectivity index (χ2n) is 6.40. The van der Waals surface area contributed by atoms with Crippen molar-refractivity contribution in [3.63, 3.8) is 0 Å². The smallest absolute Gasteiger partial charge is 0.303 e. The van der Waals surface area contributed by atoms with E-state index >= 15 is 0 Å². The number of hydrogen-bond acceptors (Lipinski definition) is 2. The molecule has 1 rings (SSSR count). The molecule has 1 aliphatic rings. The standard InChI is InChI=1S/C19H32O3/c1-2-3-4-9-12-17-16(14-15-18(17)20)11-8-6-5-7-10-13-19(21)22/h6,8-9,12,16-18,20H,2-5,7,10-11,13-15H2,1H3,(H,21,22)/b8-6-,12-9+/t16-,17+,18+/m0/s1. The molecule has 3 nitrogen and oxygen atoms in total. The highest BCUT2D eigenvalue weighted by Gasteiger charge is 2.31. The molecule has 3 heteroatoms. The average molecular weight is 308 g/mol. The fourth-order valence-electron chi connectivity index (χ4n) is 3.15. The van der Waals surface area contributed by atoms with Crippen molar-refractivity contribution in [3.05, 3.63) is 24.3 Å². The molecule has 0 bridgehead atoms. The molecular formula is C19H32O3. The van der Waals surface area contributed by atoms with Crippen LogP contribution in [0.2, 0.25) is 0 Å². The lowest BCUT2D eigenvalue weighted by Gasteiger charge is -2.17. The van der Waals surface area contributed by atoms with Gasteiger partial charge in [-0.3, -0.25) is 4.79 Å². The van der Waals surface area contributed by atoms with E-state index in [9.17, 15) is 9.90 Å². The summed E-state index contributed by atoms with van der Waals surface area (Å²) in [6, 6.07) is 0. The molecule has 0 aliphatic heterocycles. The maximum absolute atomic E-state index is 10.4. The maximum atomic E-state index is 10.4. The minimum absolute atomic E-state index is 0.174. The van der Waals surface area contributed by atoms with Gasteiger partial charge in [-0.05, 0) is 50.9 Å². The Bertz CT molecular complexity index is 360. The zero-order chi connectivity index (χ0) is 16.2. The van der Waals surface area contributed by atoms with Crippen LogP contribution in [0.15, 0.2) is 24.3 Å². The van der Waals surface area contributed by atoms with Gasteiger partial charge in [0, 0.05) is 12.3 Å². The zero-order valence-electron chi connectivity index (χ0n) is 13.9. The molecule has 1 aliphatic carbocycles. The number of aliphatic hydroxyl groups excluding tert-OH is 1. The van der Waals surface area contributed by atoms with Gasteiger partial charge in [-0.1, -0.05) is 44.1 Å². The van der Waals surface area contributed by atoms with Crippen LogP contribution in [0.1, 0.15) is 71.1 Å². The van der Waals surface area contributed by atoms with Crippen molar-refractivity contribution in [2.24, 2.45) is 11.8 Å². The first kappa shape index (κ1) is 19.0. The molecule has 0 spiro atoms. The molecule has 0 aromatic heterocycles. The number of unbranched alkanes of at least 4 members (excludes halogenated alkanes) is 4. The molecule has 2 N–H and O–H groups in total. The fraction of sp³-hybridized carbons (Fsp3) is 0.737. The van der Waals surface area contributed by atoms with Crippen molar-refractivity contribution in [1.82, 2.24) is 0 Å². The van der Waals surface area contributed by atoms with Crippen LogP contribution in [-0.4, -0.2) is 22.3 Å². The van der Waals surface area contributed by atoms with Gasteiger partial charge in [0.25, 0.3) is 0 Å². The van der Waals surface area contributed by atoms with Crippen LogP contribution in [0.3, 0.4) is 0 Å². The van der Waals surface area contributed by atoms with Crippen molar-refractivity contribution in [3.8, 4) is 0 Å². The van der Waals surface area contributed by atoms with Crippen LogP contribution < -0.4 is 0 Å². The van der Waals surface area contributed by atoms with E-state index in [1.807, 2.05) is 0 Å². The van der Waals surface area contributed by atoms with Crippen LogP contribution in [0.5, 0.6) is 0 Å². The lowest BCUT2D eigenvalue weighted by molar-refractivity contribution is -0.137. The zero-order valence-corrected chi connectivity index (χ0v) is 13.9. The van der Waals surface area contributed by atoms with Gasteiger partial charge in [0.05, 0.1) is 6.10 Å². The van der Waals surface area contributed by atoms with E-state index in [0.29, 0.717) is 11.8 Å². The molecule has 126 valence electrons. The second kappa shape index (κ2) is 11.5. The first-order valence-corrected chi connectivity index (χ1v) is 8.86. The Morgan fingerprint density at radius 2 is 1.86 bits per heavy atom. The molecule has 0 radical (unpaired) electrons. The highest BCUT2D eigenvalue weighted by Crippen LogP contribution is 2.35. The predicted octanol–water partition coefficient (Wildman–Crippen LogP) is 4.71. The Morgan fingerprint density at radius 3 is 2.59 bits per heavy atom. The molecular weight excluding hydrogens is 276 g/mol. The van der Waals surface area contributed by atoms with E-state index in [1.54, 1.807) is 0 Å². The molecule has 0 aromatic rings. The summed E-state index contributed by atoms with van der Waals surface area (Å²) in [4.78, 5) is 10.4. The minimum atomic E-state index is -0.707. The molecule has 0 saturated heterocycles. The van der Waals surface area contributed by atoms with Crippen molar-refractivity contribution in [1.29, 1.82) is 0 Å². The lowest BCUT2D eigenvalue weighted by Crippen LogP contribution is -2.16. The fourth-order valence-corrected chi connectivity index (χ4v) is 3.15.